The van der Waals surface area contributed by atoms with Crippen LogP contribution in [-0.2, 0) is 70.5 Å². The molecule has 0 saturated heterocycles. The van der Waals surface area contributed by atoms with Gasteiger partial charge in [-0.05, 0) is 0 Å². The van der Waals surface area contributed by atoms with Gasteiger partial charge in [0.2, 0.25) is 0 Å². The molecule has 0 aromatic rings. The monoisotopic (exact) mass is 454 g/mol. The van der Waals surface area contributed by atoms with Crippen molar-refractivity contribution in [1.29, 1.82) is 0 Å². The van der Waals surface area contributed by atoms with Crippen molar-refractivity contribution in [2.45, 2.75) is 0 Å². The average Bonchev–Trinajstić information content (AvgIpc) is 0.722. The molecule has 6 nitrogen and oxygen atoms in total. The molecule has 0 atom stereocenters. The summed E-state index contributed by atoms with van der Waals surface area (Å²) in [5.74, 6) is 0. The molecule has 0 aromatic carbocycles. The third-order valence-electron chi connectivity index (χ3n) is 0. The molecule has 0 fully saturated rings. The number of hydrogen-bond acceptors (Lipinski definition) is 4. The Labute approximate surface area is 118 Å². The van der Waals surface area contributed by atoms with Gasteiger partial charge in [-0.2, -0.15) is 0 Å². The van der Waals surface area contributed by atoms with Gasteiger partial charge in [0, 0.05) is 52.4 Å². The Kier molecular flexibility index (Phi) is 68.5. The normalized spacial score (nSPS) is 6.00. The van der Waals surface area contributed by atoms with Crippen molar-refractivity contribution in [1.82, 2.24) is 0 Å². The number of hydrogen-bond donors (Lipinski definition) is 4. The summed E-state index contributed by atoms with van der Waals surface area (Å²) in [6.07, 6.45) is 0. The first kappa shape index (κ1) is 38.1. The van der Waals surface area contributed by atoms with Crippen molar-refractivity contribution in [3.8, 4) is 0 Å². The topological polar surface area (TPSA) is 144 Å². The molecule has 0 rings (SSSR count). The molecule has 0 bridgehead atoms. The maximum Gasteiger partial charge on any atom is 0 e. The summed E-state index contributed by atoms with van der Waals surface area (Å²) in [4.78, 5) is 0. The second kappa shape index (κ2) is 18.0. The summed E-state index contributed by atoms with van der Waals surface area (Å²) in [5, 5.41) is 0. The van der Waals surface area contributed by atoms with Crippen molar-refractivity contribution in [2.75, 3.05) is 0 Å². The van der Waals surface area contributed by atoms with Crippen LogP contribution in [0, 0.1) is 0 Å². The molecule has 10 heavy (non-hydrogen) atoms. The first-order valence-corrected chi connectivity index (χ1v) is 3.69. The van der Waals surface area contributed by atoms with Gasteiger partial charge in [-0.15, -0.1) is 0 Å². The molecule has 0 aliphatic rings. The average molecular weight is 455 g/mol. The van der Waals surface area contributed by atoms with Crippen LogP contribution in [0.15, 0.2) is 0 Å². The SMILES string of the molecule is O.O.[OH][Ti]([OH])([OH])[OH].[SnH2].[Zr].[Zr]. The molecule has 0 aromatic heterocycles. The minimum absolute atomic E-state index is 0. The van der Waals surface area contributed by atoms with E-state index in [1.807, 2.05) is 0 Å². The van der Waals surface area contributed by atoms with Crippen LogP contribution in [0.1, 0.15) is 0 Å². The largest absolute Gasteiger partial charge is 0 e. The Balaban J connectivity index is -0.00000000800. The summed E-state index contributed by atoms with van der Waals surface area (Å²) in [6.45, 7) is 0. The molecule has 0 aliphatic carbocycles. The van der Waals surface area contributed by atoms with E-state index >= 15 is 0 Å². The summed E-state index contributed by atoms with van der Waals surface area (Å²) >= 11 is -5.00. The van der Waals surface area contributed by atoms with Crippen molar-refractivity contribution in [2.24, 2.45) is 0 Å². The summed E-state index contributed by atoms with van der Waals surface area (Å²) < 4.78 is 29.5. The molecule has 0 heterocycles. The Morgan fingerprint density at radius 2 is 0.700 bits per heavy atom. The Bertz CT molecular complexity index is 31.2. The van der Waals surface area contributed by atoms with Gasteiger partial charge >= 0.3 is 56.8 Å². The molecule has 0 unspecified atom stereocenters. The van der Waals surface area contributed by atoms with E-state index in [9.17, 15) is 0 Å². The van der Waals surface area contributed by atoms with Gasteiger partial charge in [0.05, 0.1) is 0 Å². The summed E-state index contributed by atoms with van der Waals surface area (Å²) in [5.41, 5.74) is 0. The predicted octanol–water partition coefficient (Wildman–Crippen LogP) is -4.80. The second-order valence-corrected chi connectivity index (χ2v) is 2.47. The van der Waals surface area contributed by atoms with Crippen molar-refractivity contribution in [3.63, 3.8) is 0 Å². The smallest absolute Gasteiger partial charge is 0 e. The van der Waals surface area contributed by atoms with E-state index in [0.717, 1.165) is 0 Å². The van der Waals surface area contributed by atoms with Gasteiger partial charge in [-0.3, -0.25) is 0 Å². The summed E-state index contributed by atoms with van der Waals surface area (Å²) in [6, 6.07) is 0. The first-order valence-electron chi connectivity index (χ1n) is 0.894. The Hall–Kier alpha value is 3.04. The van der Waals surface area contributed by atoms with Crippen LogP contribution in [0.4, 0.5) is 0 Å². The van der Waals surface area contributed by atoms with Gasteiger partial charge in [-0.1, -0.05) is 0 Å². The third-order valence-corrected chi connectivity index (χ3v) is 0. The first-order chi connectivity index (χ1) is 2.00. The zero-order valence-corrected chi connectivity index (χ0v) is 15.5. The van der Waals surface area contributed by atoms with E-state index in [1.54, 1.807) is 0 Å². The van der Waals surface area contributed by atoms with E-state index < -0.39 is 18.1 Å². The maximum absolute atomic E-state index is 7.38. The Morgan fingerprint density at radius 3 is 0.700 bits per heavy atom. The zero-order chi connectivity index (χ0) is 4.50. The van der Waals surface area contributed by atoms with Gasteiger partial charge in [0.15, 0.2) is 0 Å². The second-order valence-electron chi connectivity index (χ2n) is 0.600. The van der Waals surface area contributed by atoms with Crippen molar-refractivity contribution < 1.29 is 96.3 Å². The van der Waals surface area contributed by atoms with Crippen LogP contribution in [0.5, 0.6) is 0 Å². The molecule has 8 N–H and O–H groups in total. The molecule has 0 aliphatic heterocycles. The summed E-state index contributed by atoms with van der Waals surface area (Å²) in [7, 11) is 0. The molecule has 62 valence electrons. The predicted molar refractivity (Wildman–Crippen MR) is 24.6 cm³/mol. The van der Waals surface area contributed by atoms with E-state index in [1.165, 1.54) is 0 Å². The molecule has 0 amide bonds. The molecular formula is H10O6SnTiZr2. The standard InChI is InChI=1S/6H2O.Sn.Ti.2Zr.2H/h6*1H2;;;;;;/q;;;;;;;+4;;;;/p-4. The van der Waals surface area contributed by atoms with Crippen LogP contribution >= 0.6 is 0 Å². The van der Waals surface area contributed by atoms with Crippen LogP contribution in [0.2, 0.25) is 0 Å². The van der Waals surface area contributed by atoms with E-state index in [-0.39, 0.29) is 87.3 Å². The van der Waals surface area contributed by atoms with E-state index in [4.69, 9.17) is 14.8 Å². The molecule has 0 spiro atoms. The van der Waals surface area contributed by atoms with Gasteiger partial charge in [-0.25, -0.2) is 0 Å². The van der Waals surface area contributed by atoms with Crippen LogP contribution in [0.3, 0.4) is 0 Å². The fraction of sp³-hybridized carbons (Fsp3) is 0. The van der Waals surface area contributed by atoms with Gasteiger partial charge < -0.3 is 11.0 Å². The maximum atomic E-state index is 7.38. The number of rotatable bonds is 0. The van der Waals surface area contributed by atoms with E-state index in [2.05, 4.69) is 0 Å². The molecule has 0 saturated carbocycles. The van der Waals surface area contributed by atoms with E-state index in [0.29, 0.717) is 0 Å². The molecule has 10 heteroatoms. The Morgan fingerprint density at radius 1 is 0.700 bits per heavy atom. The fourth-order valence-electron chi connectivity index (χ4n) is 0. The van der Waals surface area contributed by atoms with Crippen LogP contribution in [0.25, 0.3) is 0 Å². The third kappa shape index (κ3) is 120. The quantitative estimate of drug-likeness (QED) is 0.272. The van der Waals surface area contributed by atoms with Crippen molar-refractivity contribution >= 4 is 23.9 Å². The van der Waals surface area contributed by atoms with Crippen LogP contribution in [-0.4, -0.2) is 49.6 Å². The van der Waals surface area contributed by atoms with Crippen molar-refractivity contribution in [3.05, 3.63) is 0 Å². The fourth-order valence-corrected chi connectivity index (χ4v) is 0. The van der Waals surface area contributed by atoms with Gasteiger partial charge in [0.1, 0.15) is 0 Å². The molecular weight excluding hydrogens is 445 g/mol. The van der Waals surface area contributed by atoms with Gasteiger partial charge in [0.25, 0.3) is 0 Å². The minimum atomic E-state index is -5.00. The van der Waals surface area contributed by atoms with Crippen LogP contribution < -0.4 is 0 Å². The minimum Gasteiger partial charge on any atom is 0 e. The zero-order valence-electron chi connectivity index (χ0n) is 5.00. The molecule has 2 radical (unpaired) electrons.